The van der Waals surface area contributed by atoms with Crippen molar-refractivity contribution in [3.8, 4) is 17.2 Å². The van der Waals surface area contributed by atoms with Crippen LogP contribution in [-0.4, -0.2) is 56.8 Å². The Morgan fingerprint density at radius 2 is 1.72 bits per heavy atom. The second kappa shape index (κ2) is 11.7. The van der Waals surface area contributed by atoms with Crippen LogP contribution in [0.25, 0.3) is 0 Å². The summed E-state index contributed by atoms with van der Waals surface area (Å²) in [6, 6.07) is 12.5. The Balaban J connectivity index is 1.44. The Hall–Kier alpha value is -3.55. The van der Waals surface area contributed by atoms with Gasteiger partial charge >= 0.3 is 0 Å². The topological polar surface area (TPSA) is 89.5 Å². The number of hydrogen-bond donors (Lipinski definition) is 1. The van der Waals surface area contributed by atoms with E-state index in [1.54, 1.807) is 50.8 Å². The van der Waals surface area contributed by atoms with E-state index in [2.05, 4.69) is 10.5 Å². The molecule has 8 heteroatoms. The van der Waals surface area contributed by atoms with E-state index in [1.165, 1.54) is 6.42 Å². The lowest BCUT2D eigenvalue weighted by molar-refractivity contribution is -0.134. The number of rotatable bonds is 9. The molecule has 2 amide bonds. The number of piperidine rings is 1. The molecule has 0 atom stereocenters. The second-order valence-electron chi connectivity index (χ2n) is 7.46. The number of carbonyl (C=O) groups is 2. The lowest BCUT2D eigenvalue weighted by atomic mass is 10.1. The summed E-state index contributed by atoms with van der Waals surface area (Å²) >= 11 is 0. The molecule has 0 unspecified atom stereocenters. The molecule has 0 spiro atoms. The van der Waals surface area contributed by atoms with Crippen LogP contribution < -0.4 is 19.6 Å². The van der Waals surface area contributed by atoms with Gasteiger partial charge < -0.3 is 19.1 Å². The molecule has 1 aliphatic heterocycles. The van der Waals surface area contributed by atoms with Gasteiger partial charge in [0.15, 0.2) is 18.1 Å². The Bertz CT molecular complexity index is 937. The smallest absolute Gasteiger partial charge is 0.260 e. The summed E-state index contributed by atoms with van der Waals surface area (Å²) in [4.78, 5) is 26.2. The van der Waals surface area contributed by atoms with E-state index in [4.69, 9.17) is 14.2 Å². The van der Waals surface area contributed by atoms with Gasteiger partial charge in [-0.1, -0.05) is 6.07 Å². The molecule has 0 aliphatic carbocycles. The molecule has 32 heavy (non-hydrogen) atoms. The molecular formula is C24H29N3O5. The molecule has 0 aromatic heterocycles. The minimum atomic E-state index is -0.246. The van der Waals surface area contributed by atoms with Crippen molar-refractivity contribution in [2.24, 2.45) is 5.10 Å². The quantitative estimate of drug-likeness (QED) is 0.479. The number of ether oxygens (including phenoxy) is 3. The third-order valence-electron chi connectivity index (χ3n) is 5.17. The maximum atomic E-state index is 12.2. The van der Waals surface area contributed by atoms with Gasteiger partial charge in [0, 0.05) is 13.1 Å². The minimum Gasteiger partial charge on any atom is -0.493 e. The molecule has 0 saturated carbocycles. The van der Waals surface area contributed by atoms with E-state index in [1.807, 2.05) is 17.0 Å². The van der Waals surface area contributed by atoms with Crippen LogP contribution in [0.15, 0.2) is 47.6 Å². The van der Waals surface area contributed by atoms with Crippen molar-refractivity contribution < 1.29 is 23.8 Å². The number of nitrogens with zero attached hydrogens (tertiary/aromatic N) is 2. The van der Waals surface area contributed by atoms with E-state index < -0.39 is 0 Å². The van der Waals surface area contributed by atoms with E-state index in [0.29, 0.717) is 17.2 Å². The van der Waals surface area contributed by atoms with Crippen molar-refractivity contribution in [1.29, 1.82) is 0 Å². The Morgan fingerprint density at radius 3 is 2.41 bits per heavy atom. The van der Waals surface area contributed by atoms with Crippen molar-refractivity contribution in [1.82, 2.24) is 10.3 Å². The second-order valence-corrected chi connectivity index (χ2v) is 7.46. The molecule has 2 aromatic rings. The molecule has 2 aromatic carbocycles. The predicted molar refractivity (Wildman–Crippen MR) is 121 cm³/mol. The third kappa shape index (κ3) is 6.73. The highest BCUT2D eigenvalue weighted by Crippen LogP contribution is 2.27. The Kier molecular flexibility index (Phi) is 8.48. The van der Waals surface area contributed by atoms with Gasteiger partial charge in [-0.2, -0.15) is 5.10 Å². The van der Waals surface area contributed by atoms with Gasteiger partial charge in [-0.25, -0.2) is 5.43 Å². The molecule has 1 saturated heterocycles. The highest BCUT2D eigenvalue weighted by molar-refractivity contribution is 5.83. The van der Waals surface area contributed by atoms with Crippen molar-refractivity contribution in [2.75, 3.05) is 33.9 Å². The molecule has 0 radical (unpaired) electrons. The molecule has 0 bridgehead atoms. The number of carbonyl (C=O) groups excluding carboxylic acids is 2. The van der Waals surface area contributed by atoms with E-state index in [-0.39, 0.29) is 24.8 Å². The number of hydrogen-bond acceptors (Lipinski definition) is 6. The van der Waals surface area contributed by atoms with Crippen LogP contribution in [-0.2, 0) is 16.0 Å². The van der Waals surface area contributed by atoms with Gasteiger partial charge in [0.1, 0.15) is 5.75 Å². The van der Waals surface area contributed by atoms with Gasteiger partial charge in [-0.15, -0.1) is 0 Å². The van der Waals surface area contributed by atoms with Crippen molar-refractivity contribution >= 4 is 18.0 Å². The maximum absolute atomic E-state index is 12.2. The number of amides is 2. The molecule has 1 aliphatic rings. The van der Waals surface area contributed by atoms with Crippen LogP contribution in [0, 0.1) is 0 Å². The molecule has 1 fully saturated rings. The fourth-order valence-electron chi connectivity index (χ4n) is 3.42. The van der Waals surface area contributed by atoms with Crippen LogP contribution in [0.4, 0.5) is 0 Å². The molecule has 8 nitrogen and oxygen atoms in total. The number of likely N-dealkylation sites (tertiary alicyclic amines) is 1. The zero-order valence-corrected chi connectivity index (χ0v) is 18.5. The predicted octanol–water partition coefficient (Wildman–Crippen LogP) is 2.79. The lowest BCUT2D eigenvalue weighted by Crippen LogP contribution is -2.38. The first-order chi connectivity index (χ1) is 15.6. The summed E-state index contributed by atoms with van der Waals surface area (Å²) in [5.74, 6) is 1.57. The van der Waals surface area contributed by atoms with Gasteiger partial charge in [0.2, 0.25) is 5.91 Å². The summed E-state index contributed by atoms with van der Waals surface area (Å²) in [5.41, 5.74) is 4.10. The highest BCUT2D eigenvalue weighted by Gasteiger charge is 2.16. The fraction of sp³-hybridized carbons (Fsp3) is 0.375. The van der Waals surface area contributed by atoms with Gasteiger partial charge in [-0.05, 0) is 66.8 Å². The van der Waals surface area contributed by atoms with E-state index in [9.17, 15) is 9.59 Å². The van der Waals surface area contributed by atoms with Crippen LogP contribution in [0.2, 0.25) is 0 Å². The standard InChI is InChI=1S/C24H29N3O5/c1-30-21-11-8-19(14-22(21)31-2)15-23(28)26-25-16-18-6-9-20(10-7-18)32-17-24(29)27-12-4-3-5-13-27/h6-11,14,16H,3-5,12-13,15,17H2,1-2H3,(H,26,28)/b25-16-. The first-order valence-corrected chi connectivity index (χ1v) is 10.6. The Labute approximate surface area is 188 Å². The monoisotopic (exact) mass is 439 g/mol. The van der Waals surface area contributed by atoms with Gasteiger partial charge in [0.25, 0.3) is 5.91 Å². The summed E-state index contributed by atoms with van der Waals surface area (Å²) in [6.45, 7) is 1.67. The van der Waals surface area contributed by atoms with Crippen LogP contribution in [0.1, 0.15) is 30.4 Å². The van der Waals surface area contributed by atoms with Crippen molar-refractivity contribution in [3.63, 3.8) is 0 Å². The number of nitrogens with one attached hydrogen (secondary N) is 1. The van der Waals surface area contributed by atoms with Crippen molar-refractivity contribution in [2.45, 2.75) is 25.7 Å². The lowest BCUT2D eigenvalue weighted by Gasteiger charge is -2.26. The highest BCUT2D eigenvalue weighted by atomic mass is 16.5. The third-order valence-corrected chi connectivity index (χ3v) is 5.17. The minimum absolute atomic E-state index is 0.0209. The molecule has 1 N–H and O–H groups in total. The van der Waals surface area contributed by atoms with E-state index >= 15 is 0 Å². The molecule has 1 heterocycles. The van der Waals surface area contributed by atoms with Gasteiger partial charge in [0.05, 0.1) is 26.9 Å². The van der Waals surface area contributed by atoms with Gasteiger partial charge in [-0.3, -0.25) is 9.59 Å². The molecule has 170 valence electrons. The first-order valence-electron chi connectivity index (χ1n) is 10.6. The zero-order chi connectivity index (χ0) is 22.8. The number of methoxy groups -OCH3 is 2. The molecule has 3 rings (SSSR count). The number of hydrazone groups is 1. The average Bonchev–Trinajstić information content (AvgIpc) is 2.83. The average molecular weight is 440 g/mol. The van der Waals surface area contributed by atoms with Crippen LogP contribution in [0.5, 0.6) is 17.2 Å². The number of benzene rings is 2. The van der Waals surface area contributed by atoms with Crippen LogP contribution >= 0.6 is 0 Å². The summed E-state index contributed by atoms with van der Waals surface area (Å²) in [7, 11) is 3.11. The largest absolute Gasteiger partial charge is 0.493 e. The van der Waals surface area contributed by atoms with Crippen molar-refractivity contribution in [3.05, 3.63) is 53.6 Å². The van der Waals surface area contributed by atoms with Crippen LogP contribution in [0.3, 0.4) is 0 Å². The first kappa shape index (κ1) is 23.1. The maximum Gasteiger partial charge on any atom is 0.260 e. The zero-order valence-electron chi connectivity index (χ0n) is 18.5. The normalized spacial score (nSPS) is 13.6. The fourth-order valence-corrected chi connectivity index (χ4v) is 3.42. The summed E-state index contributed by atoms with van der Waals surface area (Å²) in [6.07, 6.45) is 5.02. The molecular weight excluding hydrogens is 410 g/mol. The SMILES string of the molecule is COc1ccc(CC(=O)N/N=C\c2ccc(OCC(=O)N3CCCCC3)cc2)cc1OC. The summed E-state index contributed by atoms with van der Waals surface area (Å²) < 4.78 is 16.0. The Morgan fingerprint density at radius 1 is 1.00 bits per heavy atom. The van der Waals surface area contributed by atoms with E-state index in [0.717, 1.165) is 37.1 Å². The summed E-state index contributed by atoms with van der Waals surface area (Å²) in [5, 5.41) is 4.00.